The van der Waals surface area contributed by atoms with Gasteiger partial charge in [0.05, 0.1) is 0 Å². The molecule has 0 aliphatic carbocycles. The van der Waals surface area contributed by atoms with E-state index in [4.69, 9.17) is 5.11 Å². The summed E-state index contributed by atoms with van der Waals surface area (Å²) in [5, 5.41) is 13.9. The minimum atomic E-state index is -1.21. The molecule has 5 nitrogen and oxygen atoms in total. The molecule has 2 aromatic rings. The number of hydrogen-bond donors (Lipinski definition) is 3. The minimum Gasteiger partial charge on any atom is -0.480 e. The van der Waals surface area contributed by atoms with Crippen LogP contribution < -0.4 is 10.6 Å². The summed E-state index contributed by atoms with van der Waals surface area (Å²) in [4.78, 5) is 22.3. The third-order valence-electron chi connectivity index (χ3n) is 3.87. The molecule has 0 aliphatic heterocycles. The van der Waals surface area contributed by atoms with E-state index in [1.165, 1.54) is 19.1 Å². The van der Waals surface area contributed by atoms with Crippen molar-refractivity contribution in [2.75, 3.05) is 11.9 Å². The number of aliphatic carboxylic acids is 1. The lowest BCUT2D eigenvalue weighted by atomic mass is 10.0. The molecule has 0 unspecified atom stereocenters. The topological polar surface area (TPSA) is 78.4 Å². The quantitative estimate of drug-likeness (QED) is 0.625. The standard InChI is InChI=1S/C21H22F2N2O3/c1-12(2)25-16-6-4-14(5-7-16)15-9-18(22)17(19(23)10-15)8-13(3)21(28)24-11-20(26)27/h4-10,12,25H,11H2,1-3H3,(H,24,28)(H,26,27). The summed E-state index contributed by atoms with van der Waals surface area (Å²) in [5.74, 6) is -3.55. The fourth-order valence-corrected chi connectivity index (χ4v) is 2.56. The maximum absolute atomic E-state index is 14.5. The van der Waals surface area contributed by atoms with Crippen molar-refractivity contribution >= 4 is 23.6 Å². The number of carboxylic acids is 1. The molecule has 148 valence electrons. The molecule has 0 spiro atoms. The molecule has 0 heterocycles. The Morgan fingerprint density at radius 3 is 2.14 bits per heavy atom. The molecule has 0 fully saturated rings. The SMILES string of the molecule is CC(=Cc1c(F)cc(-c2ccc(NC(C)C)cc2)cc1F)C(=O)NCC(=O)O. The van der Waals surface area contributed by atoms with Crippen molar-refractivity contribution in [2.45, 2.75) is 26.8 Å². The minimum absolute atomic E-state index is 0.00378. The molecular weight excluding hydrogens is 366 g/mol. The number of halogens is 2. The second-order valence-electron chi connectivity index (χ2n) is 6.63. The van der Waals surface area contributed by atoms with E-state index in [1.54, 1.807) is 12.1 Å². The Morgan fingerprint density at radius 2 is 1.64 bits per heavy atom. The molecule has 0 aromatic heterocycles. The van der Waals surface area contributed by atoms with Crippen LogP contribution in [0, 0.1) is 11.6 Å². The molecule has 7 heteroatoms. The van der Waals surface area contributed by atoms with E-state index >= 15 is 0 Å². The zero-order valence-corrected chi connectivity index (χ0v) is 15.8. The number of hydrogen-bond acceptors (Lipinski definition) is 3. The monoisotopic (exact) mass is 388 g/mol. The van der Waals surface area contributed by atoms with Gasteiger partial charge in [-0.05, 0) is 62.2 Å². The van der Waals surface area contributed by atoms with Crippen molar-refractivity contribution < 1.29 is 23.5 Å². The van der Waals surface area contributed by atoms with Crippen LogP contribution in [-0.4, -0.2) is 29.6 Å². The summed E-state index contributed by atoms with van der Waals surface area (Å²) >= 11 is 0. The molecule has 0 atom stereocenters. The number of carbonyl (C=O) groups is 2. The van der Waals surface area contributed by atoms with Crippen molar-refractivity contribution in [2.24, 2.45) is 0 Å². The van der Waals surface area contributed by atoms with Crippen LogP contribution in [0.3, 0.4) is 0 Å². The van der Waals surface area contributed by atoms with Crippen LogP contribution in [0.15, 0.2) is 42.0 Å². The summed E-state index contributed by atoms with van der Waals surface area (Å²) in [5.41, 5.74) is 1.57. The van der Waals surface area contributed by atoms with E-state index in [2.05, 4.69) is 10.6 Å². The molecule has 0 radical (unpaired) electrons. The van der Waals surface area contributed by atoms with Crippen molar-refractivity contribution in [1.82, 2.24) is 5.32 Å². The van der Waals surface area contributed by atoms with Gasteiger partial charge in [0.2, 0.25) is 5.91 Å². The lowest BCUT2D eigenvalue weighted by Crippen LogP contribution is -2.29. The first-order valence-corrected chi connectivity index (χ1v) is 8.71. The Hall–Kier alpha value is -3.22. The van der Waals surface area contributed by atoms with Crippen LogP contribution in [0.2, 0.25) is 0 Å². The lowest BCUT2D eigenvalue weighted by molar-refractivity contribution is -0.137. The maximum atomic E-state index is 14.5. The largest absolute Gasteiger partial charge is 0.480 e. The van der Waals surface area contributed by atoms with E-state index in [0.29, 0.717) is 11.1 Å². The number of carboxylic acid groups (broad SMARTS) is 1. The first-order valence-electron chi connectivity index (χ1n) is 8.71. The van der Waals surface area contributed by atoms with Crippen molar-refractivity contribution in [1.29, 1.82) is 0 Å². The van der Waals surface area contributed by atoms with Gasteiger partial charge >= 0.3 is 5.97 Å². The van der Waals surface area contributed by atoms with E-state index in [9.17, 15) is 18.4 Å². The van der Waals surface area contributed by atoms with Crippen molar-refractivity contribution in [3.63, 3.8) is 0 Å². The Balaban J connectivity index is 2.26. The zero-order chi connectivity index (χ0) is 20.8. The number of carbonyl (C=O) groups excluding carboxylic acids is 1. The number of benzene rings is 2. The summed E-state index contributed by atoms with van der Waals surface area (Å²) < 4.78 is 28.9. The molecule has 0 saturated carbocycles. The van der Waals surface area contributed by atoms with Crippen LogP contribution in [0.25, 0.3) is 17.2 Å². The average molecular weight is 388 g/mol. The maximum Gasteiger partial charge on any atom is 0.322 e. The normalized spacial score (nSPS) is 11.4. The van der Waals surface area contributed by atoms with E-state index in [-0.39, 0.29) is 17.2 Å². The van der Waals surface area contributed by atoms with Crippen LogP contribution in [0.4, 0.5) is 14.5 Å². The zero-order valence-electron chi connectivity index (χ0n) is 15.8. The van der Waals surface area contributed by atoms with Gasteiger partial charge in [0.1, 0.15) is 18.2 Å². The fraction of sp³-hybridized carbons (Fsp3) is 0.238. The van der Waals surface area contributed by atoms with Gasteiger partial charge < -0.3 is 15.7 Å². The highest BCUT2D eigenvalue weighted by molar-refractivity contribution is 5.98. The number of rotatable bonds is 7. The van der Waals surface area contributed by atoms with Gasteiger partial charge in [0.15, 0.2) is 0 Å². The average Bonchev–Trinajstić information content (AvgIpc) is 2.62. The molecule has 1 amide bonds. The van der Waals surface area contributed by atoms with Gasteiger partial charge in [0.25, 0.3) is 0 Å². The summed E-state index contributed by atoms with van der Waals surface area (Å²) in [6.45, 7) is 4.80. The predicted molar refractivity (Wildman–Crippen MR) is 105 cm³/mol. The smallest absolute Gasteiger partial charge is 0.322 e. The lowest BCUT2D eigenvalue weighted by Gasteiger charge is -2.11. The molecule has 3 N–H and O–H groups in total. The second-order valence-corrected chi connectivity index (χ2v) is 6.63. The fourth-order valence-electron chi connectivity index (χ4n) is 2.56. The molecule has 0 bridgehead atoms. The summed E-state index contributed by atoms with van der Waals surface area (Å²) in [6, 6.07) is 9.84. The van der Waals surface area contributed by atoms with Crippen LogP contribution in [0.1, 0.15) is 26.3 Å². The van der Waals surface area contributed by atoms with E-state index in [0.717, 1.165) is 11.8 Å². The second kappa shape index (κ2) is 9.12. The molecule has 0 saturated heterocycles. The number of nitrogens with one attached hydrogen (secondary N) is 2. The molecule has 28 heavy (non-hydrogen) atoms. The third kappa shape index (κ3) is 5.64. The number of amides is 1. The van der Waals surface area contributed by atoms with E-state index < -0.39 is 30.1 Å². The van der Waals surface area contributed by atoms with Crippen LogP contribution in [-0.2, 0) is 9.59 Å². The van der Waals surface area contributed by atoms with E-state index in [1.807, 2.05) is 26.0 Å². The highest BCUT2D eigenvalue weighted by atomic mass is 19.1. The highest BCUT2D eigenvalue weighted by Crippen LogP contribution is 2.27. The predicted octanol–water partition coefficient (Wildman–Crippen LogP) is 4.06. The van der Waals surface area contributed by atoms with Gasteiger partial charge in [-0.25, -0.2) is 8.78 Å². The number of anilines is 1. The van der Waals surface area contributed by atoms with Gasteiger partial charge in [-0.2, -0.15) is 0 Å². The first-order chi connectivity index (χ1) is 13.2. The molecule has 0 aliphatic rings. The van der Waals surface area contributed by atoms with Gasteiger partial charge in [-0.15, -0.1) is 0 Å². The molecule has 2 aromatic carbocycles. The van der Waals surface area contributed by atoms with Crippen LogP contribution >= 0.6 is 0 Å². The first kappa shape index (κ1) is 21.1. The Bertz CT molecular complexity index is 883. The van der Waals surface area contributed by atoms with Gasteiger partial charge in [-0.1, -0.05) is 12.1 Å². The van der Waals surface area contributed by atoms with Crippen molar-refractivity contribution in [3.8, 4) is 11.1 Å². The van der Waals surface area contributed by atoms with Gasteiger partial charge in [-0.3, -0.25) is 9.59 Å². The third-order valence-corrected chi connectivity index (χ3v) is 3.87. The summed E-state index contributed by atoms with van der Waals surface area (Å²) in [6.07, 6.45) is 1.06. The molecule has 2 rings (SSSR count). The van der Waals surface area contributed by atoms with Crippen LogP contribution in [0.5, 0.6) is 0 Å². The van der Waals surface area contributed by atoms with Gasteiger partial charge in [0, 0.05) is 22.9 Å². The highest BCUT2D eigenvalue weighted by Gasteiger charge is 2.13. The Morgan fingerprint density at radius 1 is 1.07 bits per heavy atom. The van der Waals surface area contributed by atoms with Crippen molar-refractivity contribution in [3.05, 3.63) is 59.2 Å². The molecular formula is C21H22F2N2O3. The Labute approximate surface area is 162 Å². The summed E-state index contributed by atoms with van der Waals surface area (Å²) in [7, 11) is 0. The Kier molecular flexibility index (Phi) is 6.87.